The van der Waals surface area contributed by atoms with Gasteiger partial charge in [0.25, 0.3) is 0 Å². The van der Waals surface area contributed by atoms with Gasteiger partial charge in [0, 0.05) is 11.4 Å². The van der Waals surface area contributed by atoms with Crippen molar-refractivity contribution in [3.05, 3.63) is 34.9 Å². The summed E-state index contributed by atoms with van der Waals surface area (Å²) in [5.74, 6) is 5.78. The molecular formula is C13H15ClO. The maximum atomic E-state index is 9.69. The van der Waals surface area contributed by atoms with E-state index in [1.54, 1.807) is 24.3 Å². The highest BCUT2D eigenvalue weighted by molar-refractivity contribution is 6.30. The van der Waals surface area contributed by atoms with E-state index in [4.69, 9.17) is 11.6 Å². The molecule has 1 aromatic rings. The fraction of sp³-hybridized carbons (Fsp3) is 0.385. The number of hydrogen-bond acceptors (Lipinski definition) is 1. The lowest BCUT2D eigenvalue weighted by molar-refractivity contribution is 0.238. The Morgan fingerprint density at radius 1 is 1.33 bits per heavy atom. The van der Waals surface area contributed by atoms with Crippen LogP contribution in [0.2, 0.25) is 5.02 Å². The molecule has 15 heavy (non-hydrogen) atoms. The molecule has 0 aromatic heterocycles. The van der Waals surface area contributed by atoms with Gasteiger partial charge in [-0.15, -0.1) is 5.92 Å². The lowest BCUT2D eigenvalue weighted by Crippen LogP contribution is -1.92. The highest BCUT2D eigenvalue weighted by Gasteiger charge is 2.01. The van der Waals surface area contributed by atoms with E-state index in [9.17, 15) is 5.11 Å². The quantitative estimate of drug-likeness (QED) is 0.613. The molecule has 0 amide bonds. The topological polar surface area (TPSA) is 20.2 Å². The highest BCUT2D eigenvalue weighted by Crippen LogP contribution is 2.15. The minimum atomic E-state index is -0.695. The number of aliphatic hydroxyl groups is 1. The van der Waals surface area contributed by atoms with Crippen molar-refractivity contribution in [1.82, 2.24) is 0 Å². The van der Waals surface area contributed by atoms with Gasteiger partial charge in [0.15, 0.2) is 0 Å². The largest absolute Gasteiger partial charge is 0.376 e. The molecule has 0 saturated carbocycles. The van der Waals surface area contributed by atoms with Crippen molar-refractivity contribution in [2.24, 2.45) is 0 Å². The molecule has 0 aliphatic rings. The molecule has 80 valence electrons. The van der Waals surface area contributed by atoms with Crippen LogP contribution >= 0.6 is 11.6 Å². The average molecular weight is 223 g/mol. The van der Waals surface area contributed by atoms with Crippen molar-refractivity contribution in [2.45, 2.75) is 32.3 Å². The van der Waals surface area contributed by atoms with E-state index in [0.29, 0.717) is 5.02 Å². The lowest BCUT2D eigenvalue weighted by atomic mass is 10.1. The summed E-state index contributed by atoms with van der Waals surface area (Å²) in [6, 6.07) is 7.10. The van der Waals surface area contributed by atoms with E-state index >= 15 is 0 Å². The Balaban J connectivity index is 2.55. The van der Waals surface area contributed by atoms with Crippen LogP contribution in [0.25, 0.3) is 0 Å². The predicted molar refractivity (Wildman–Crippen MR) is 63.7 cm³/mol. The van der Waals surface area contributed by atoms with Crippen molar-refractivity contribution < 1.29 is 5.11 Å². The van der Waals surface area contributed by atoms with E-state index in [0.717, 1.165) is 24.8 Å². The van der Waals surface area contributed by atoms with Crippen molar-refractivity contribution in [3.8, 4) is 11.8 Å². The summed E-state index contributed by atoms with van der Waals surface area (Å²) in [7, 11) is 0. The summed E-state index contributed by atoms with van der Waals surface area (Å²) in [5.41, 5.74) is 0.795. The minimum Gasteiger partial charge on any atom is -0.376 e. The van der Waals surface area contributed by atoms with Gasteiger partial charge in [0.2, 0.25) is 0 Å². The third-order valence-electron chi connectivity index (χ3n) is 2.08. The van der Waals surface area contributed by atoms with Crippen LogP contribution in [0.4, 0.5) is 0 Å². The zero-order chi connectivity index (χ0) is 11.1. The zero-order valence-corrected chi connectivity index (χ0v) is 9.59. The predicted octanol–water partition coefficient (Wildman–Crippen LogP) is 3.57. The van der Waals surface area contributed by atoms with Crippen LogP contribution < -0.4 is 0 Å². The van der Waals surface area contributed by atoms with E-state index in [1.807, 2.05) is 0 Å². The van der Waals surface area contributed by atoms with Gasteiger partial charge in [-0.05, 0) is 24.1 Å². The normalized spacial score (nSPS) is 11.7. The Morgan fingerprint density at radius 2 is 2.00 bits per heavy atom. The number of aliphatic hydroxyl groups excluding tert-OH is 1. The molecule has 1 atom stereocenters. The van der Waals surface area contributed by atoms with Crippen molar-refractivity contribution in [2.75, 3.05) is 0 Å². The van der Waals surface area contributed by atoms with Gasteiger partial charge >= 0.3 is 0 Å². The summed E-state index contributed by atoms with van der Waals surface area (Å²) in [6.45, 7) is 2.12. The van der Waals surface area contributed by atoms with Crippen LogP contribution in [0, 0.1) is 11.8 Å². The first-order valence-electron chi connectivity index (χ1n) is 5.16. The molecule has 1 aromatic carbocycles. The summed E-state index contributed by atoms with van der Waals surface area (Å²) in [5, 5.41) is 10.4. The number of benzene rings is 1. The Kier molecular flexibility index (Phi) is 5.25. The lowest BCUT2D eigenvalue weighted by Gasteiger charge is -2.02. The molecule has 0 aliphatic carbocycles. The molecule has 0 fully saturated rings. The fourth-order valence-electron chi connectivity index (χ4n) is 1.16. The van der Waals surface area contributed by atoms with Gasteiger partial charge in [-0.1, -0.05) is 43.0 Å². The van der Waals surface area contributed by atoms with Crippen molar-refractivity contribution in [3.63, 3.8) is 0 Å². The average Bonchev–Trinajstić information content (AvgIpc) is 2.25. The van der Waals surface area contributed by atoms with Crippen LogP contribution in [0.15, 0.2) is 24.3 Å². The first kappa shape index (κ1) is 12.1. The third kappa shape index (κ3) is 4.38. The van der Waals surface area contributed by atoms with Gasteiger partial charge < -0.3 is 5.11 Å². The Labute approximate surface area is 96.1 Å². The molecule has 0 spiro atoms. The first-order chi connectivity index (χ1) is 7.24. The Hall–Kier alpha value is -0.970. The van der Waals surface area contributed by atoms with Gasteiger partial charge in [-0.3, -0.25) is 0 Å². The second-order valence-electron chi connectivity index (χ2n) is 3.38. The summed E-state index contributed by atoms with van der Waals surface area (Å²) in [6.07, 6.45) is 2.37. The molecule has 1 nitrogen and oxygen atoms in total. The Morgan fingerprint density at radius 3 is 2.60 bits per heavy atom. The van der Waals surface area contributed by atoms with Crippen molar-refractivity contribution >= 4 is 11.6 Å². The van der Waals surface area contributed by atoms with Gasteiger partial charge in [-0.2, -0.15) is 0 Å². The molecule has 0 saturated heterocycles. The standard InChI is InChI=1S/C13H15ClO/c1-2-3-4-5-6-13(15)11-7-9-12(14)10-8-11/h7-10,13,15H,2-4H2,1H3/t13-/m0/s1. The number of hydrogen-bond donors (Lipinski definition) is 1. The van der Waals surface area contributed by atoms with E-state index in [1.165, 1.54) is 0 Å². The van der Waals surface area contributed by atoms with Crippen LogP contribution in [0.3, 0.4) is 0 Å². The first-order valence-corrected chi connectivity index (χ1v) is 5.53. The monoisotopic (exact) mass is 222 g/mol. The molecule has 0 heterocycles. The van der Waals surface area contributed by atoms with Crippen LogP contribution in [-0.4, -0.2) is 5.11 Å². The molecular weight excluding hydrogens is 208 g/mol. The molecule has 1 N–H and O–H groups in total. The zero-order valence-electron chi connectivity index (χ0n) is 8.83. The number of halogens is 1. The van der Waals surface area contributed by atoms with Gasteiger partial charge in [0.05, 0.1) is 0 Å². The third-order valence-corrected chi connectivity index (χ3v) is 2.33. The molecule has 0 bridgehead atoms. The van der Waals surface area contributed by atoms with Gasteiger partial charge in [-0.25, -0.2) is 0 Å². The molecule has 0 unspecified atom stereocenters. The van der Waals surface area contributed by atoms with E-state index in [-0.39, 0.29) is 0 Å². The van der Waals surface area contributed by atoms with E-state index in [2.05, 4.69) is 18.8 Å². The maximum Gasteiger partial charge on any atom is 0.140 e. The Bertz CT molecular complexity index is 345. The second kappa shape index (κ2) is 6.50. The number of rotatable bonds is 3. The summed E-state index contributed by atoms with van der Waals surface area (Å²) < 4.78 is 0. The second-order valence-corrected chi connectivity index (χ2v) is 3.82. The molecule has 0 radical (unpaired) electrons. The summed E-state index contributed by atoms with van der Waals surface area (Å²) in [4.78, 5) is 0. The molecule has 0 aliphatic heterocycles. The molecule has 1 rings (SSSR count). The van der Waals surface area contributed by atoms with Crippen LogP contribution in [0.1, 0.15) is 37.9 Å². The van der Waals surface area contributed by atoms with Crippen LogP contribution in [0.5, 0.6) is 0 Å². The van der Waals surface area contributed by atoms with Crippen LogP contribution in [-0.2, 0) is 0 Å². The van der Waals surface area contributed by atoms with Gasteiger partial charge in [0.1, 0.15) is 6.10 Å². The number of unbranched alkanes of at least 4 members (excludes halogenated alkanes) is 2. The maximum absolute atomic E-state index is 9.69. The van der Waals surface area contributed by atoms with Crippen molar-refractivity contribution in [1.29, 1.82) is 0 Å². The highest BCUT2D eigenvalue weighted by atomic mass is 35.5. The summed E-state index contributed by atoms with van der Waals surface area (Å²) >= 11 is 5.74. The molecule has 2 heteroatoms. The fourth-order valence-corrected chi connectivity index (χ4v) is 1.29. The minimum absolute atomic E-state index is 0.671. The van der Waals surface area contributed by atoms with E-state index < -0.39 is 6.10 Å². The smallest absolute Gasteiger partial charge is 0.140 e. The SMILES string of the molecule is CCCCC#C[C@H](O)c1ccc(Cl)cc1.